The first-order valence-corrected chi connectivity index (χ1v) is 5.71. The van der Waals surface area contributed by atoms with Crippen molar-refractivity contribution >= 4 is 17.3 Å². The first kappa shape index (κ1) is 12.3. The van der Waals surface area contributed by atoms with Crippen LogP contribution in [0.15, 0.2) is 18.2 Å². The van der Waals surface area contributed by atoms with Gasteiger partial charge in [-0.25, -0.2) is 0 Å². The molecule has 0 aliphatic rings. The largest absolute Gasteiger partial charge is 0.384 e. The van der Waals surface area contributed by atoms with E-state index in [4.69, 9.17) is 11.6 Å². The molecule has 2 nitrogen and oxygen atoms in total. The summed E-state index contributed by atoms with van der Waals surface area (Å²) in [5.74, 6) is 0. The quantitative estimate of drug-likeness (QED) is 0.755. The Bertz CT molecular complexity index is 310. The molecule has 0 aliphatic carbocycles. The van der Waals surface area contributed by atoms with Crippen LogP contribution in [-0.2, 0) is 0 Å². The van der Waals surface area contributed by atoms with Crippen molar-refractivity contribution in [2.75, 3.05) is 18.4 Å². The van der Waals surface area contributed by atoms with Crippen LogP contribution in [0, 0.1) is 6.92 Å². The monoisotopic (exact) mass is 226 g/mol. The highest BCUT2D eigenvalue weighted by Crippen LogP contribution is 2.22. The smallest absolute Gasteiger partial charge is 0.0455 e. The molecule has 0 fully saturated rings. The van der Waals surface area contributed by atoms with Crippen LogP contribution < -0.4 is 10.6 Å². The maximum Gasteiger partial charge on any atom is 0.0455 e. The molecule has 1 aromatic carbocycles. The fourth-order valence-electron chi connectivity index (χ4n) is 1.36. The van der Waals surface area contributed by atoms with E-state index in [1.54, 1.807) is 0 Å². The molecule has 84 valence electrons. The number of nitrogens with one attached hydrogen (secondary N) is 2. The predicted octanol–water partition coefficient (Wildman–Crippen LogP) is 3.06. The molecule has 0 aromatic heterocycles. The SMILES string of the molecule is Cc1c(Cl)cccc1NCCNC(C)C. The molecule has 1 rings (SSSR count). The minimum Gasteiger partial charge on any atom is -0.384 e. The maximum absolute atomic E-state index is 6.02. The van der Waals surface area contributed by atoms with E-state index in [0.717, 1.165) is 29.4 Å². The van der Waals surface area contributed by atoms with Gasteiger partial charge in [0.05, 0.1) is 0 Å². The minimum atomic E-state index is 0.534. The summed E-state index contributed by atoms with van der Waals surface area (Å²) in [5, 5.41) is 7.53. The van der Waals surface area contributed by atoms with Crippen LogP contribution in [0.25, 0.3) is 0 Å². The van der Waals surface area contributed by atoms with E-state index in [1.807, 2.05) is 19.1 Å². The zero-order chi connectivity index (χ0) is 11.3. The number of halogens is 1. The highest BCUT2D eigenvalue weighted by atomic mass is 35.5. The van der Waals surface area contributed by atoms with Crippen molar-refractivity contribution in [1.82, 2.24) is 5.32 Å². The van der Waals surface area contributed by atoms with Gasteiger partial charge in [0.2, 0.25) is 0 Å². The van der Waals surface area contributed by atoms with Crippen LogP contribution in [0.2, 0.25) is 5.02 Å². The summed E-state index contributed by atoms with van der Waals surface area (Å²) in [6, 6.07) is 6.46. The van der Waals surface area contributed by atoms with Crippen molar-refractivity contribution in [2.24, 2.45) is 0 Å². The van der Waals surface area contributed by atoms with Crippen molar-refractivity contribution in [3.8, 4) is 0 Å². The van der Waals surface area contributed by atoms with Gasteiger partial charge in [0.15, 0.2) is 0 Å². The molecular weight excluding hydrogens is 208 g/mol. The van der Waals surface area contributed by atoms with Gasteiger partial charge in [0, 0.05) is 29.8 Å². The van der Waals surface area contributed by atoms with Crippen molar-refractivity contribution in [2.45, 2.75) is 26.8 Å². The summed E-state index contributed by atoms with van der Waals surface area (Å²) in [6.07, 6.45) is 0. The third-order valence-electron chi connectivity index (χ3n) is 2.26. The van der Waals surface area contributed by atoms with Gasteiger partial charge in [-0.2, -0.15) is 0 Å². The minimum absolute atomic E-state index is 0.534. The molecule has 0 radical (unpaired) electrons. The second-order valence-corrected chi connectivity index (χ2v) is 4.36. The Morgan fingerprint density at radius 2 is 2.00 bits per heavy atom. The zero-order valence-electron chi connectivity index (χ0n) is 9.60. The van der Waals surface area contributed by atoms with Gasteiger partial charge in [-0.15, -0.1) is 0 Å². The number of hydrogen-bond donors (Lipinski definition) is 2. The third kappa shape index (κ3) is 4.10. The lowest BCUT2D eigenvalue weighted by atomic mass is 10.2. The lowest BCUT2D eigenvalue weighted by Crippen LogP contribution is -2.28. The Morgan fingerprint density at radius 1 is 1.27 bits per heavy atom. The summed E-state index contributed by atoms with van der Waals surface area (Å²) in [7, 11) is 0. The fraction of sp³-hybridized carbons (Fsp3) is 0.500. The number of hydrogen-bond acceptors (Lipinski definition) is 2. The summed E-state index contributed by atoms with van der Waals surface area (Å²) in [6.45, 7) is 8.19. The van der Waals surface area contributed by atoms with Gasteiger partial charge in [-0.1, -0.05) is 31.5 Å². The second-order valence-electron chi connectivity index (χ2n) is 3.95. The Labute approximate surface area is 97.0 Å². The van der Waals surface area contributed by atoms with Gasteiger partial charge in [-0.3, -0.25) is 0 Å². The summed E-state index contributed by atoms with van der Waals surface area (Å²) < 4.78 is 0. The summed E-state index contributed by atoms with van der Waals surface area (Å²) in [5.41, 5.74) is 2.23. The van der Waals surface area contributed by atoms with E-state index in [2.05, 4.69) is 30.5 Å². The maximum atomic E-state index is 6.02. The number of benzene rings is 1. The van der Waals surface area contributed by atoms with Gasteiger partial charge in [0.1, 0.15) is 0 Å². The fourth-order valence-corrected chi connectivity index (χ4v) is 1.53. The van der Waals surface area contributed by atoms with Crippen LogP contribution in [0.4, 0.5) is 5.69 Å². The predicted molar refractivity (Wildman–Crippen MR) is 67.8 cm³/mol. The molecule has 0 unspecified atom stereocenters. The van der Waals surface area contributed by atoms with Crippen molar-refractivity contribution in [3.05, 3.63) is 28.8 Å². The molecule has 0 saturated carbocycles. The molecule has 1 aromatic rings. The molecule has 0 spiro atoms. The first-order valence-electron chi connectivity index (χ1n) is 5.33. The molecule has 0 atom stereocenters. The Hall–Kier alpha value is -0.730. The second kappa shape index (κ2) is 5.99. The van der Waals surface area contributed by atoms with Gasteiger partial charge < -0.3 is 10.6 Å². The van der Waals surface area contributed by atoms with Crippen molar-refractivity contribution in [1.29, 1.82) is 0 Å². The highest BCUT2D eigenvalue weighted by molar-refractivity contribution is 6.31. The van der Waals surface area contributed by atoms with Crippen LogP contribution in [0.3, 0.4) is 0 Å². The Morgan fingerprint density at radius 3 is 2.67 bits per heavy atom. The molecule has 0 aliphatic heterocycles. The van der Waals surface area contributed by atoms with Crippen molar-refractivity contribution in [3.63, 3.8) is 0 Å². The van der Waals surface area contributed by atoms with Crippen LogP contribution in [0.1, 0.15) is 19.4 Å². The van der Waals surface area contributed by atoms with Crippen molar-refractivity contribution < 1.29 is 0 Å². The lowest BCUT2D eigenvalue weighted by Gasteiger charge is -2.12. The third-order valence-corrected chi connectivity index (χ3v) is 2.67. The molecule has 0 amide bonds. The molecule has 15 heavy (non-hydrogen) atoms. The molecule has 0 saturated heterocycles. The average molecular weight is 227 g/mol. The summed E-state index contributed by atoms with van der Waals surface area (Å²) >= 11 is 6.02. The Kier molecular flexibility index (Phi) is 4.92. The molecule has 0 bridgehead atoms. The lowest BCUT2D eigenvalue weighted by molar-refractivity contribution is 0.602. The number of anilines is 1. The highest BCUT2D eigenvalue weighted by Gasteiger charge is 2.00. The molecule has 2 N–H and O–H groups in total. The summed E-state index contributed by atoms with van der Waals surface area (Å²) in [4.78, 5) is 0. The average Bonchev–Trinajstić information content (AvgIpc) is 2.18. The molecule has 3 heteroatoms. The molecular formula is C12H19ClN2. The number of rotatable bonds is 5. The first-order chi connectivity index (χ1) is 7.11. The van der Waals surface area contributed by atoms with E-state index >= 15 is 0 Å². The Balaban J connectivity index is 2.41. The van der Waals surface area contributed by atoms with E-state index in [9.17, 15) is 0 Å². The normalized spacial score (nSPS) is 10.7. The van der Waals surface area contributed by atoms with E-state index in [1.165, 1.54) is 0 Å². The standard InChI is InChI=1S/C12H19ClN2/c1-9(2)14-7-8-15-12-6-4-5-11(13)10(12)3/h4-6,9,14-15H,7-8H2,1-3H3. The van der Waals surface area contributed by atoms with Crippen LogP contribution in [-0.4, -0.2) is 19.1 Å². The van der Waals surface area contributed by atoms with Crippen LogP contribution in [0.5, 0.6) is 0 Å². The topological polar surface area (TPSA) is 24.1 Å². The van der Waals surface area contributed by atoms with Gasteiger partial charge in [0.25, 0.3) is 0 Å². The van der Waals surface area contributed by atoms with E-state index in [-0.39, 0.29) is 0 Å². The van der Waals surface area contributed by atoms with Gasteiger partial charge in [-0.05, 0) is 24.6 Å². The van der Waals surface area contributed by atoms with Crippen LogP contribution >= 0.6 is 11.6 Å². The zero-order valence-corrected chi connectivity index (χ0v) is 10.4. The van der Waals surface area contributed by atoms with E-state index < -0.39 is 0 Å². The van der Waals surface area contributed by atoms with Gasteiger partial charge >= 0.3 is 0 Å². The van der Waals surface area contributed by atoms with E-state index in [0.29, 0.717) is 6.04 Å². The molecule has 0 heterocycles.